The molecule has 1 fully saturated rings. The highest BCUT2D eigenvalue weighted by molar-refractivity contribution is 7.80. The van der Waals surface area contributed by atoms with E-state index in [1.165, 1.54) is 7.11 Å². The first-order chi connectivity index (χ1) is 13.1. The molecule has 0 bridgehead atoms. The van der Waals surface area contributed by atoms with Gasteiger partial charge in [-0.25, -0.2) is 4.79 Å². The number of hydrogen-bond donors (Lipinski definition) is 1. The molecule has 6 nitrogen and oxygen atoms in total. The number of benzene rings is 2. The quantitative estimate of drug-likeness (QED) is 0.649. The molecular formula is C20H20N4O2S. The first-order valence-electron chi connectivity index (χ1n) is 8.61. The van der Waals surface area contributed by atoms with E-state index in [9.17, 15) is 10.1 Å². The lowest BCUT2D eigenvalue weighted by atomic mass is 10.1. The van der Waals surface area contributed by atoms with Crippen LogP contribution in [0.3, 0.4) is 0 Å². The molecule has 138 valence electrons. The number of rotatable bonds is 3. The number of nitrogens with one attached hydrogen (secondary N) is 1. The van der Waals surface area contributed by atoms with Crippen molar-refractivity contribution >= 4 is 34.7 Å². The van der Waals surface area contributed by atoms with Gasteiger partial charge in [-0.3, -0.25) is 0 Å². The van der Waals surface area contributed by atoms with Crippen molar-refractivity contribution in [3.63, 3.8) is 0 Å². The molecule has 27 heavy (non-hydrogen) atoms. The number of esters is 1. The largest absolute Gasteiger partial charge is 0.465 e. The number of para-hydroxylation sites is 1. The smallest absolute Gasteiger partial charge is 0.337 e. The maximum Gasteiger partial charge on any atom is 0.337 e. The second-order valence-electron chi connectivity index (χ2n) is 6.10. The average Bonchev–Trinajstić information content (AvgIpc) is 2.73. The number of thiocarbonyl (C=S) groups is 1. The van der Waals surface area contributed by atoms with Gasteiger partial charge in [-0.15, -0.1) is 0 Å². The molecule has 0 amide bonds. The Balaban J connectivity index is 1.57. The molecule has 1 saturated heterocycles. The molecule has 3 rings (SSSR count). The minimum absolute atomic E-state index is 0.363. The fourth-order valence-corrected chi connectivity index (χ4v) is 3.30. The summed E-state index contributed by atoms with van der Waals surface area (Å²) in [5, 5.41) is 13.1. The average molecular weight is 380 g/mol. The maximum absolute atomic E-state index is 11.5. The van der Waals surface area contributed by atoms with Crippen molar-refractivity contribution in [1.82, 2.24) is 4.90 Å². The molecule has 2 aromatic rings. The van der Waals surface area contributed by atoms with Crippen molar-refractivity contribution in [2.75, 3.05) is 43.5 Å². The van der Waals surface area contributed by atoms with Crippen molar-refractivity contribution < 1.29 is 9.53 Å². The fraction of sp³-hybridized carbons (Fsp3) is 0.250. The zero-order chi connectivity index (χ0) is 19.2. The summed E-state index contributed by atoms with van der Waals surface area (Å²) in [5.41, 5.74) is 2.98. The Kier molecular flexibility index (Phi) is 5.89. The van der Waals surface area contributed by atoms with Crippen molar-refractivity contribution in [3.8, 4) is 6.07 Å². The zero-order valence-corrected chi connectivity index (χ0v) is 15.8. The number of carbonyl (C=O) groups excluding carboxylic acids is 1. The van der Waals surface area contributed by atoms with Crippen LogP contribution >= 0.6 is 12.2 Å². The second kappa shape index (κ2) is 8.52. The van der Waals surface area contributed by atoms with Crippen LogP contribution in [0.4, 0.5) is 11.4 Å². The fourth-order valence-electron chi connectivity index (χ4n) is 3.00. The van der Waals surface area contributed by atoms with Gasteiger partial charge < -0.3 is 19.9 Å². The lowest BCUT2D eigenvalue weighted by Gasteiger charge is -2.37. The van der Waals surface area contributed by atoms with Gasteiger partial charge in [0, 0.05) is 31.9 Å². The Morgan fingerprint density at radius 1 is 1.11 bits per heavy atom. The number of nitrogens with zero attached hydrogens (tertiary/aromatic N) is 3. The number of piperazine rings is 1. The van der Waals surface area contributed by atoms with E-state index in [0.717, 1.165) is 37.6 Å². The van der Waals surface area contributed by atoms with Gasteiger partial charge in [0.1, 0.15) is 6.07 Å². The summed E-state index contributed by atoms with van der Waals surface area (Å²) < 4.78 is 4.70. The van der Waals surface area contributed by atoms with Gasteiger partial charge in [-0.05, 0) is 48.6 Å². The van der Waals surface area contributed by atoms with Crippen LogP contribution in [0.2, 0.25) is 0 Å². The highest BCUT2D eigenvalue weighted by Crippen LogP contribution is 2.21. The highest BCUT2D eigenvalue weighted by atomic mass is 32.1. The molecule has 0 aromatic heterocycles. The molecule has 1 aliphatic rings. The van der Waals surface area contributed by atoms with Gasteiger partial charge in [-0.2, -0.15) is 5.26 Å². The van der Waals surface area contributed by atoms with E-state index in [2.05, 4.69) is 21.2 Å². The number of ether oxygens (including phenoxy) is 1. The molecule has 7 heteroatoms. The van der Waals surface area contributed by atoms with Gasteiger partial charge in [-0.1, -0.05) is 12.1 Å². The monoisotopic (exact) mass is 380 g/mol. The summed E-state index contributed by atoms with van der Waals surface area (Å²) >= 11 is 5.52. The summed E-state index contributed by atoms with van der Waals surface area (Å²) in [4.78, 5) is 15.8. The topological polar surface area (TPSA) is 68.6 Å². The standard InChI is InChI=1S/C20H20N4O2S/c1-26-19(25)15-6-8-17(9-7-15)22-20(27)24-12-10-23(11-13-24)18-5-3-2-4-16(18)14-21/h2-9H,10-13H2,1H3,(H,22,27). The second-order valence-corrected chi connectivity index (χ2v) is 6.49. The van der Waals surface area contributed by atoms with E-state index >= 15 is 0 Å². The molecule has 0 spiro atoms. The molecular weight excluding hydrogens is 360 g/mol. The predicted molar refractivity (Wildman–Crippen MR) is 109 cm³/mol. The van der Waals surface area contributed by atoms with Crippen LogP contribution in [0.5, 0.6) is 0 Å². The highest BCUT2D eigenvalue weighted by Gasteiger charge is 2.20. The van der Waals surface area contributed by atoms with Crippen molar-refractivity contribution in [2.45, 2.75) is 0 Å². The van der Waals surface area contributed by atoms with Crippen LogP contribution in [-0.4, -0.2) is 49.3 Å². The molecule has 0 unspecified atom stereocenters. The normalized spacial score (nSPS) is 13.6. The van der Waals surface area contributed by atoms with Crippen LogP contribution < -0.4 is 10.2 Å². The summed E-state index contributed by atoms with van der Waals surface area (Å²) in [5.74, 6) is -0.363. The molecule has 1 N–H and O–H groups in total. The molecule has 0 aliphatic carbocycles. The number of nitriles is 1. The Labute approximate surface area is 163 Å². The molecule has 2 aromatic carbocycles. The van der Waals surface area contributed by atoms with E-state index < -0.39 is 0 Å². The Morgan fingerprint density at radius 3 is 2.41 bits per heavy atom. The maximum atomic E-state index is 11.5. The first kappa shape index (κ1) is 18.7. The third kappa shape index (κ3) is 4.36. The van der Waals surface area contributed by atoms with Gasteiger partial charge in [0.05, 0.1) is 23.9 Å². The Morgan fingerprint density at radius 2 is 1.78 bits per heavy atom. The van der Waals surface area contributed by atoms with Crippen molar-refractivity contribution in [1.29, 1.82) is 5.26 Å². The number of anilines is 2. The SMILES string of the molecule is COC(=O)c1ccc(NC(=S)N2CCN(c3ccccc3C#N)CC2)cc1. The summed E-state index contributed by atoms with van der Waals surface area (Å²) in [6.45, 7) is 3.13. The van der Waals surface area contributed by atoms with Crippen LogP contribution in [-0.2, 0) is 4.74 Å². The van der Waals surface area contributed by atoms with E-state index in [1.54, 1.807) is 24.3 Å². The van der Waals surface area contributed by atoms with E-state index in [0.29, 0.717) is 16.2 Å². The minimum Gasteiger partial charge on any atom is -0.465 e. The van der Waals surface area contributed by atoms with Crippen molar-refractivity contribution in [2.24, 2.45) is 0 Å². The molecule has 1 heterocycles. The third-order valence-electron chi connectivity index (χ3n) is 4.49. The van der Waals surface area contributed by atoms with Crippen LogP contribution in [0.1, 0.15) is 15.9 Å². The summed E-state index contributed by atoms with van der Waals surface area (Å²) in [6, 6.07) is 16.9. The van der Waals surface area contributed by atoms with E-state index in [4.69, 9.17) is 17.0 Å². The van der Waals surface area contributed by atoms with Crippen LogP contribution in [0.25, 0.3) is 0 Å². The van der Waals surface area contributed by atoms with Crippen LogP contribution in [0.15, 0.2) is 48.5 Å². The van der Waals surface area contributed by atoms with Gasteiger partial charge in [0.25, 0.3) is 0 Å². The molecule has 0 radical (unpaired) electrons. The minimum atomic E-state index is -0.363. The number of methoxy groups -OCH3 is 1. The van der Waals surface area contributed by atoms with E-state index in [-0.39, 0.29) is 5.97 Å². The lowest BCUT2D eigenvalue weighted by molar-refractivity contribution is 0.0601. The van der Waals surface area contributed by atoms with Crippen molar-refractivity contribution in [3.05, 3.63) is 59.7 Å². The zero-order valence-electron chi connectivity index (χ0n) is 15.0. The number of hydrogen-bond acceptors (Lipinski definition) is 5. The van der Waals surface area contributed by atoms with Gasteiger partial charge in [0.15, 0.2) is 5.11 Å². The number of carbonyl (C=O) groups is 1. The van der Waals surface area contributed by atoms with Gasteiger partial charge in [0.2, 0.25) is 0 Å². The van der Waals surface area contributed by atoms with E-state index in [1.807, 2.05) is 24.3 Å². The molecule has 0 saturated carbocycles. The first-order valence-corrected chi connectivity index (χ1v) is 9.01. The lowest BCUT2D eigenvalue weighted by Crippen LogP contribution is -2.50. The summed E-state index contributed by atoms with van der Waals surface area (Å²) in [6.07, 6.45) is 0. The summed E-state index contributed by atoms with van der Waals surface area (Å²) in [7, 11) is 1.36. The molecule has 0 atom stereocenters. The Bertz CT molecular complexity index is 868. The van der Waals surface area contributed by atoms with Gasteiger partial charge >= 0.3 is 5.97 Å². The predicted octanol–water partition coefficient (Wildman–Crippen LogP) is 2.86. The van der Waals surface area contributed by atoms with Crippen LogP contribution in [0, 0.1) is 11.3 Å². The third-order valence-corrected chi connectivity index (χ3v) is 4.85. The molecule has 1 aliphatic heterocycles. The Hall–Kier alpha value is -3.11.